The number of aromatic amines is 1. The van der Waals surface area contributed by atoms with Crippen LogP contribution in [0.2, 0.25) is 15.1 Å². The minimum Gasteiger partial charge on any atom is -0.325 e. The van der Waals surface area contributed by atoms with Crippen LogP contribution in [-0.4, -0.2) is 10.2 Å². The van der Waals surface area contributed by atoms with Crippen molar-refractivity contribution in [1.82, 2.24) is 10.2 Å². The highest BCUT2D eigenvalue weighted by atomic mass is 35.5. The molecule has 0 radical (unpaired) electrons. The standard InChI is InChI=1S/C20H12Cl3N3OS/c21-11-4-7-13(8-5-11)28-26-17-10-12(22)6-9-14(17)19-15-2-1-3-16(23)18(15)20(27)25-24-19/h1-10,26H,(H,25,27). The van der Waals surface area contributed by atoms with Crippen molar-refractivity contribution < 1.29 is 0 Å². The molecular weight excluding hydrogens is 437 g/mol. The molecule has 2 N–H and O–H groups in total. The van der Waals surface area contributed by atoms with E-state index in [9.17, 15) is 4.79 Å². The highest BCUT2D eigenvalue weighted by molar-refractivity contribution is 8.00. The van der Waals surface area contributed by atoms with E-state index in [0.717, 1.165) is 16.1 Å². The smallest absolute Gasteiger partial charge is 0.273 e. The number of aromatic nitrogens is 2. The van der Waals surface area contributed by atoms with Crippen molar-refractivity contribution in [2.75, 3.05) is 4.72 Å². The summed E-state index contributed by atoms with van der Waals surface area (Å²) in [4.78, 5) is 13.2. The Morgan fingerprint density at radius 2 is 1.68 bits per heavy atom. The van der Waals surface area contributed by atoms with Gasteiger partial charge in [-0.1, -0.05) is 46.9 Å². The third kappa shape index (κ3) is 3.84. The molecular formula is C20H12Cl3N3OS. The van der Waals surface area contributed by atoms with Crippen LogP contribution in [0.4, 0.5) is 5.69 Å². The lowest BCUT2D eigenvalue weighted by Gasteiger charge is -2.13. The molecule has 0 aliphatic rings. The fourth-order valence-electron chi connectivity index (χ4n) is 2.80. The largest absolute Gasteiger partial charge is 0.325 e. The van der Waals surface area contributed by atoms with Gasteiger partial charge in [-0.25, -0.2) is 5.10 Å². The molecule has 8 heteroatoms. The van der Waals surface area contributed by atoms with Gasteiger partial charge in [0.15, 0.2) is 0 Å². The van der Waals surface area contributed by atoms with Crippen molar-refractivity contribution in [2.24, 2.45) is 0 Å². The number of hydrogen-bond acceptors (Lipinski definition) is 4. The molecule has 3 aromatic carbocycles. The summed E-state index contributed by atoms with van der Waals surface area (Å²) in [5, 5.41) is 9.50. The van der Waals surface area contributed by atoms with Gasteiger partial charge in [0.2, 0.25) is 0 Å². The molecule has 0 atom stereocenters. The quantitative estimate of drug-likeness (QED) is 0.342. The van der Waals surface area contributed by atoms with Crippen LogP contribution in [0.5, 0.6) is 0 Å². The van der Waals surface area contributed by atoms with Crippen LogP contribution in [0.15, 0.2) is 70.4 Å². The molecule has 0 fully saturated rings. The summed E-state index contributed by atoms with van der Waals surface area (Å²) in [6, 6.07) is 18.2. The first-order valence-corrected chi connectivity index (χ1v) is 10.1. The third-order valence-corrected chi connectivity index (χ3v) is 5.73. The first kappa shape index (κ1) is 19.2. The zero-order valence-corrected chi connectivity index (χ0v) is 17.3. The number of nitrogens with zero attached hydrogens (tertiary/aromatic N) is 1. The van der Waals surface area contributed by atoms with Gasteiger partial charge in [0.1, 0.15) is 5.69 Å². The highest BCUT2D eigenvalue weighted by Gasteiger charge is 2.15. The van der Waals surface area contributed by atoms with E-state index in [2.05, 4.69) is 14.9 Å². The van der Waals surface area contributed by atoms with E-state index in [1.54, 1.807) is 18.2 Å². The molecule has 1 aromatic heterocycles. The van der Waals surface area contributed by atoms with Crippen LogP contribution in [0.25, 0.3) is 22.0 Å². The lowest BCUT2D eigenvalue weighted by molar-refractivity contribution is 1.02. The van der Waals surface area contributed by atoms with E-state index in [1.807, 2.05) is 42.5 Å². The minimum atomic E-state index is -0.330. The summed E-state index contributed by atoms with van der Waals surface area (Å²) in [6.07, 6.45) is 0. The van der Waals surface area contributed by atoms with Gasteiger partial charge in [-0.3, -0.25) is 4.79 Å². The molecule has 28 heavy (non-hydrogen) atoms. The molecule has 0 saturated heterocycles. The molecule has 0 bridgehead atoms. The van der Waals surface area contributed by atoms with Gasteiger partial charge in [0.05, 0.1) is 16.1 Å². The van der Waals surface area contributed by atoms with Gasteiger partial charge >= 0.3 is 0 Å². The molecule has 0 amide bonds. The van der Waals surface area contributed by atoms with E-state index >= 15 is 0 Å². The number of nitrogens with one attached hydrogen (secondary N) is 2. The second-order valence-electron chi connectivity index (χ2n) is 5.91. The molecule has 140 valence electrons. The Morgan fingerprint density at radius 3 is 2.46 bits per heavy atom. The van der Waals surface area contributed by atoms with Gasteiger partial charge in [0, 0.05) is 25.9 Å². The molecule has 0 saturated carbocycles. The van der Waals surface area contributed by atoms with E-state index in [4.69, 9.17) is 34.8 Å². The van der Waals surface area contributed by atoms with E-state index in [-0.39, 0.29) is 5.56 Å². The molecule has 0 aliphatic carbocycles. The molecule has 4 aromatic rings. The van der Waals surface area contributed by atoms with Gasteiger partial charge in [-0.2, -0.15) is 5.10 Å². The van der Waals surface area contributed by atoms with Crippen LogP contribution >= 0.6 is 46.8 Å². The maximum absolute atomic E-state index is 12.2. The number of halogens is 3. The highest BCUT2D eigenvalue weighted by Crippen LogP contribution is 2.36. The molecule has 4 nitrogen and oxygen atoms in total. The van der Waals surface area contributed by atoms with Crippen molar-refractivity contribution in [3.05, 3.63) is 86.1 Å². The Bertz CT molecular complexity index is 1230. The van der Waals surface area contributed by atoms with Crippen LogP contribution in [0.3, 0.4) is 0 Å². The Morgan fingerprint density at radius 1 is 0.929 bits per heavy atom. The van der Waals surface area contributed by atoms with Crippen molar-refractivity contribution in [2.45, 2.75) is 4.90 Å². The maximum atomic E-state index is 12.2. The topological polar surface area (TPSA) is 57.8 Å². The second kappa shape index (κ2) is 8.05. The van der Waals surface area contributed by atoms with Gasteiger partial charge in [0.25, 0.3) is 5.56 Å². The predicted octanol–water partition coefficient (Wildman–Crippen LogP) is 6.67. The Labute approximate surface area is 180 Å². The zero-order chi connectivity index (χ0) is 19.7. The molecule has 4 rings (SSSR count). The molecule has 1 heterocycles. The van der Waals surface area contributed by atoms with E-state index in [0.29, 0.717) is 31.5 Å². The minimum absolute atomic E-state index is 0.330. The number of fused-ring (bicyclic) bond motifs is 1. The maximum Gasteiger partial charge on any atom is 0.273 e. The normalized spacial score (nSPS) is 11.0. The summed E-state index contributed by atoms with van der Waals surface area (Å²) in [6.45, 7) is 0. The van der Waals surface area contributed by atoms with Crippen molar-refractivity contribution >= 4 is 63.2 Å². The zero-order valence-electron chi connectivity index (χ0n) is 14.2. The van der Waals surface area contributed by atoms with Gasteiger partial charge in [-0.05, 0) is 60.5 Å². The summed E-state index contributed by atoms with van der Waals surface area (Å²) in [5.74, 6) is 0. The Balaban J connectivity index is 1.80. The van der Waals surface area contributed by atoms with Crippen molar-refractivity contribution in [3.63, 3.8) is 0 Å². The SMILES string of the molecule is O=c1[nH]nc(-c2ccc(Cl)cc2NSc2ccc(Cl)cc2)c2cccc(Cl)c12. The van der Waals surface area contributed by atoms with Gasteiger partial charge in [-0.15, -0.1) is 0 Å². The molecule has 0 spiro atoms. The predicted molar refractivity (Wildman–Crippen MR) is 119 cm³/mol. The Hall–Kier alpha value is -2.18. The summed E-state index contributed by atoms with van der Waals surface area (Å²) < 4.78 is 3.31. The summed E-state index contributed by atoms with van der Waals surface area (Å²) in [7, 11) is 0. The average molecular weight is 449 g/mol. The average Bonchev–Trinajstić information content (AvgIpc) is 2.68. The fraction of sp³-hybridized carbons (Fsp3) is 0. The number of benzene rings is 3. The van der Waals surface area contributed by atoms with E-state index < -0.39 is 0 Å². The van der Waals surface area contributed by atoms with Crippen LogP contribution < -0.4 is 10.3 Å². The van der Waals surface area contributed by atoms with Crippen LogP contribution in [-0.2, 0) is 0 Å². The van der Waals surface area contributed by atoms with Crippen LogP contribution in [0, 0.1) is 0 Å². The van der Waals surface area contributed by atoms with E-state index in [1.165, 1.54) is 11.9 Å². The fourth-order valence-corrected chi connectivity index (χ4v) is 4.03. The Kier molecular flexibility index (Phi) is 5.51. The summed E-state index contributed by atoms with van der Waals surface area (Å²) >= 11 is 19.8. The third-order valence-electron chi connectivity index (χ3n) is 4.09. The lowest BCUT2D eigenvalue weighted by atomic mass is 10.0. The first-order valence-electron chi connectivity index (χ1n) is 8.18. The number of H-pyrrole nitrogens is 1. The number of anilines is 1. The number of rotatable bonds is 4. The van der Waals surface area contributed by atoms with Crippen molar-refractivity contribution in [3.8, 4) is 11.3 Å². The van der Waals surface area contributed by atoms with Crippen LogP contribution in [0.1, 0.15) is 0 Å². The first-order chi connectivity index (χ1) is 13.5. The monoisotopic (exact) mass is 447 g/mol. The lowest BCUT2D eigenvalue weighted by Crippen LogP contribution is -2.10. The van der Waals surface area contributed by atoms with Crippen molar-refractivity contribution in [1.29, 1.82) is 0 Å². The molecule has 0 aliphatic heterocycles. The van der Waals surface area contributed by atoms with Gasteiger partial charge < -0.3 is 4.72 Å². The molecule has 0 unspecified atom stereocenters. The second-order valence-corrected chi connectivity index (χ2v) is 8.07. The summed E-state index contributed by atoms with van der Waals surface area (Å²) in [5.41, 5.74) is 1.82. The number of hydrogen-bond donors (Lipinski definition) is 2.